The van der Waals surface area contributed by atoms with Gasteiger partial charge in [-0.1, -0.05) is 37.6 Å². The molecule has 0 aliphatic heterocycles. The van der Waals surface area contributed by atoms with E-state index >= 15 is 0 Å². The van der Waals surface area contributed by atoms with Crippen LogP contribution in [0.15, 0.2) is 22.8 Å². The molecule has 0 spiro atoms. The summed E-state index contributed by atoms with van der Waals surface area (Å²) in [5.41, 5.74) is 1.19. The largest absolute Gasteiger partial charge is 0.0844 e. The highest BCUT2D eigenvalue weighted by molar-refractivity contribution is 6.31. The highest BCUT2D eigenvalue weighted by Crippen LogP contribution is 2.14. The molecule has 0 unspecified atom stereocenters. The van der Waals surface area contributed by atoms with Crippen molar-refractivity contribution in [2.24, 2.45) is 0 Å². The number of halogens is 1. The van der Waals surface area contributed by atoms with Gasteiger partial charge < -0.3 is 0 Å². The van der Waals surface area contributed by atoms with Gasteiger partial charge in [-0.25, -0.2) is 0 Å². The van der Waals surface area contributed by atoms with Gasteiger partial charge in [0, 0.05) is 5.03 Å². The fourth-order valence-corrected chi connectivity index (χ4v) is 0.975. The maximum atomic E-state index is 5.90. The van der Waals surface area contributed by atoms with Gasteiger partial charge in [0.25, 0.3) is 0 Å². The van der Waals surface area contributed by atoms with E-state index in [2.05, 4.69) is 19.9 Å². The molecule has 0 rings (SSSR count). The normalized spacial score (nSPS) is 14.0. The predicted molar refractivity (Wildman–Crippen MR) is 48.3 cm³/mol. The molecule has 0 atom stereocenters. The van der Waals surface area contributed by atoms with Gasteiger partial charge in [0.1, 0.15) is 0 Å². The van der Waals surface area contributed by atoms with E-state index in [-0.39, 0.29) is 0 Å². The van der Waals surface area contributed by atoms with Crippen molar-refractivity contribution in [2.75, 3.05) is 0 Å². The Balaban J connectivity index is 4.06. The van der Waals surface area contributed by atoms with Crippen molar-refractivity contribution in [1.29, 1.82) is 0 Å². The van der Waals surface area contributed by atoms with Crippen molar-refractivity contribution >= 4 is 11.6 Å². The van der Waals surface area contributed by atoms with Gasteiger partial charge in [0.2, 0.25) is 0 Å². The second kappa shape index (κ2) is 5.55. The standard InChI is InChI=1S/C9H15Cl/c1-4-6-8(3)9(10)7-5-2/h6-7H,4-5H2,1-3H3/b8-6-,9-7+. The molecule has 1 heteroatoms. The lowest BCUT2D eigenvalue weighted by Crippen LogP contribution is -1.74. The summed E-state index contributed by atoms with van der Waals surface area (Å²) < 4.78 is 0. The van der Waals surface area contributed by atoms with Crippen molar-refractivity contribution in [3.8, 4) is 0 Å². The average molecular weight is 159 g/mol. The zero-order valence-corrected chi connectivity index (χ0v) is 7.70. The topological polar surface area (TPSA) is 0 Å². The molecule has 0 aromatic carbocycles. The van der Waals surface area contributed by atoms with E-state index in [9.17, 15) is 0 Å². The maximum absolute atomic E-state index is 5.90. The molecule has 0 bridgehead atoms. The maximum Gasteiger partial charge on any atom is 0.0392 e. The molecule has 0 nitrogen and oxygen atoms in total. The third-order valence-electron chi connectivity index (χ3n) is 1.27. The Hall–Kier alpha value is -0.230. The van der Waals surface area contributed by atoms with E-state index in [0.29, 0.717) is 0 Å². The smallest absolute Gasteiger partial charge is 0.0392 e. The molecule has 0 saturated carbocycles. The Morgan fingerprint density at radius 3 is 2.10 bits per heavy atom. The van der Waals surface area contributed by atoms with Gasteiger partial charge in [0.15, 0.2) is 0 Å². The van der Waals surface area contributed by atoms with Gasteiger partial charge in [-0.2, -0.15) is 0 Å². The minimum atomic E-state index is 0.893. The molecule has 0 radical (unpaired) electrons. The quantitative estimate of drug-likeness (QED) is 0.547. The molecule has 0 heterocycles. The molecule has 0 aliphatic rings. The summed E-state index contributed by atoms with van der Waals surface area (Å²) in [5.74, 6) is 0. The zero-order valence-electron chi connectivity index (χ0n) is 6.95. The van der Waals surface area contributed by atoms with E-state index in [1.807, 2.05) is 13.0 Å². The second-order valence-electron chi connectivity index (χ2n) is 2.26. The van der Waals surface area contributed by atoms with Gasteiger partial charge in [-0.15, -0.1) is 0 Å². The molecule has 0 aromatic heterocycles. The molecule has 0 fully saturated rings. The third-order valence-corrected chi connectivity index (χ3v) is 1.72. The Kier molecular flexibility index (Phi) is 5.42. The highest BCUT2D eigenvalue weighted by atomic mass is 35.5. The van der Waals surface area contributed by atoms with Crippen LogP contribution in [-0.2, 0) is 0 Å². The number of hydrogen-bond acceptors (Lipinski definition) is 0. The van der Waals surface area contributed by atoms with E-state index in [0.717, 1.165) is 17.9 Å². The van der Waals surface area contributed by atoms with Crippen molar-refractivity contribution in [3.63, 3.8) is 0 Å². The van der Waals surface area contributed by atoms with Crippen molar-refractivity contribution in [1.82, 2.24) is 0 Å². The van der Waals surface area contributed by atoms with Crippen LogP contribution in [0.25, 0.3) is 0 Å². The molecule has 0 aromatic rings. The second-order valence-corrected chi connectivity index (χ2v) is 2.66. The lowest BCUT2D eigenvalue weighted by Gasteiger charge is -1.96. The first kappa shape index (κ1) is 9.77. The number of hydrogen-bond donors (Lipinski definition) is 0. The van der Waals surface area contributed by atoms with Crippen LogP contribution in [0.1, 0.15) is 33.6 Å². The summed E-state index contributed by atoms with van der Waals surface area (Å²) >= 11 is 5.90. The van der Waals surface area contributed by atoms with Crippen molar-refractivity contribution in [2.45, 2.75) is 33.6 Å². The van der Waals surface area contributed by atoms with E-state index in [1.54, 1.807) is 0 Å². The Morgan fingerprint density at radius 2 is 1.70 bits per heavy atom. The Morgan fingerprint density at radius 1 is 1.20 bits per heavy atom. The molecule has 0 N–H and O–H groups in total. The molecule has 10 heavy (non-hydrogen) atoms. The molecule has 0 aliphatic carbocycles. The van der Waals surface area contributed by atoms with E-state index < -0.39 is 0 Å². The summed E-state index contributed by atoms with van der Waals surface area (Å²) in [5, 5.41) is 0.893. The van der Waals surface area contributed by atoms with Crippen LogP contribution in [0.5, 0.6) is 0 Å². The summed E-state index contributed by atoms with van der Waals surface area (Å²) in [6, 6.07) is 0. The average Bonchev–Trinajstić information content (AvgIpc) is 1.89. The van der Waals surface area contributed by atoms with Crippen LogP contribution in [0, 0.1) is 0 Å². The lowest BCUT2D eigenvalue weighted by atomic mass is 10.2. The molecule has 0 saturated heterocycles. The first-order valence-corrected chi connectivity index (χ1v) is 4.13. The third kappa shape index (κ3) is 3.73. The molecule has 0 amide bonds. The highest BCUT2D eigenvalue weighted by Gasteiger charge is 1.91. The lowest BCUT2D eigenvalue weighted by molar-refractivity contribution is 1.17. The summed E-state index contributed by atoms with van der Waals surface area (Å²) in [7, 11) is 0. The van der Waals surface area contributed by atoms with Crippen LogP contribution < -0.4 is 0 Å². The predicted octanol–water partition coefficient (Wildman–Crippen LogP) is 3.88. The van der Waals surface area contributed by atoms with Gasteiger partial charge >= 0.3 is 0 Å². The van der Waals surface area contributed by atoms with Crippen molar-refractivity contribution in [3.05, 3.63) is 22.8 Å². The van der Waals surface area contributed by atoms with Crippen LogP contribution in [0.3, 0.4) is 0 Å². The van der Waals surface area contributed by atoms with Crippen LogP contribution >= 0.6 is 11.6 Å². The van der Waals surface area contributed by atoms with Crippen molar-refractivity contribution < 1.29 is 0 Å². The van der Waals surface area contributed by atoms with Gasteiger partial charge in [-0.3, -0.25) is 0 Å². The van der Waals surface area contributed by atoms with Crippen LogP contribution in [-0.4, -0.2) is 0 Å². The molecular weight excluding hydrogens is 144 g/mol. The van der Waals surface area contributed by atoms with Crippen LogP contribution in [0.2, 0.25) is 0 Å². The summed E-state index contributed by atoms with van der Waals surface area (Å²) in [4.78, 5) is 0. The minimum Gasteiger partial charge on any atom is -0.0844 e. The monoisotopic (exact) mass is 158 g/mol. The zero-order chi connectivity index (χ0) is 7.98. The number of allylic oxidation sites excluding steroid dienone is 4. The first-order valence-electron chi connectivity index (χ1n) is 3.75. The van der Waals surface area contributed by atoms with E-state index in [4.69, 9.17) is 11.6 Å². The van der Waals surface area contributed by atoms with Gasteiger partial charge in [0.05, 0.1) is 0 Å². The summed E-state index contributed by atoms with van der Waals surface area (Å²) in [6.07, 6.45) is 6.23. The van der Waals surface area contributed by atoms with Gasteiger partial charge in [-0.05, 0) is 25.3 Å². The number of rotatable bonds is 3. The summed E-state index contributed by atoms with van der Waals surface area (Å²) in [6.45, 7) is 6.24. The molecule has 58 valence electrons. The minimum absolute atomic E-state index is 0.893. The Labute approximate surface area is 68.6 Å². The molecular formula is C9H15Cl. The Bertz CT molecular complexity index is 125. The fraction of sp³-hybridized carbons (Fsp3) is 0.556. The van der Waals surface area contributed by atoms with Crippen LogP contribution in [0.4, 0.5) is 0 Å². The fourth-order valence-electron chi connectivity index (χ4n) is 0.744. The van der Waals surface area contributed by atoms with E-state index in [1.165, 1.54) is 5.57 Å². The first-order chi connectivity index (χ1) is 4.72. The SMILES string of the molecule is CC/C=C(C)\C(Cl)=C/CC.